The third-order valence-electron chi connectivity index (χ3n) is 8.47. The number of amides is 1. The summed E-state index contributed by atoms with van der Waals surface area (Å²) in [5.74, 6) is 0.758. The van der Waals surface area contributed by atoms with Crippen LogP contribution in [0.15, 0.2) is 145 Å². The van der Waals surface area contributed by atoms with E-state index in [2.05, 4.69) is 41.2 Å². The van der Waals surface area contributed by atoms with E-state index in [1.165, 1.54) is 0 Å². The second kappa shape index (κ2) is 16.1. The Balaban J connectivity index is 1.35. The van der Waals surface area contributed by atoms with Gasteiger partial charge in [-0.15, -0.1) is 0 Å². The Morgan fingerprint density at radius 3 is 2.27 bits per heavy atom. The van der Waals surface area contributed by atoms with Gasteiger partial charge in [0.15, 0.2) is 11.6 Å². The summed E-state index contributed by atoms with van der Waals surface area (Å²) in [7, 11) is 0. The number of nitrogens with one attached hydrogen (secondary N) is 2. The summed E-state index contributed by atoms with van der Waals surface area (Å²) in [4.78, 5) is 19.6. The quantitative estimate of drug-likeness (QED) is 0.0850. The van der Waals surface area contributed by atoms with E-state index in [-0.39, 0.29) is 18.9 Å². The van der Waals surface area contributed by atoms with Gasteiger partial charge in [-0.1, -0.05) is 127 Å². The minimum absolute atomic E-state index is 0.0686. The van der Waals surface area contributed by atoms with Gasteiger partial charge in [-0.3, -0.25) is 10.2 Å². The molecule has 0 unspecified atom stereocenters. The van der Waals surface area contributed by atoms with Gasteiger partial charge in [0, 0.05) is 31.6 Å². The molecule has 49 heavy (non-hydrogen) atoms. The van der Waals surface area contributed by atoms with E-state index < -0.39 is 11.6 Å². The number of nitrogens with zero attached hydrogens (tertiary/aromatic N) is 1. The molecule has 1 heterocycles. The van der Waals surface area contributed by atoms with Crippen LogP contribution in [0.3, 0.4) is 0 Å². The number of carbonyl (C=O) groups excluding carboxylic acids is 1. The molecule has 0 aliphatic carbocycles. The van der Waals surface area contributed by atoms with Crippen LogP contribution in [0.1, 0.15) is 46.8 Å². The largest absolute Gasteiger partial charge is 0.494 e. The fourth-order valence-corrected chi connectivity index (χ4v) is 5.89. The Morgan fingerprint density at radius 2 is 1.55 bits per heavy atom. The first-order valence-corrected chi connectivity index (χ1v) is 16.6. The number of rotatable bonds is 14. The van der Waals surface area contributed by atoms with Crippen molar-refractivity contribution in [3.8, 4) is 16.9 Å². The van der Waals surface area contributed by atoms with E-state index in [1.54, 1.807) is 0 Å². The van der Waals surface area contributed by atoms with Crippen molar-refractivity contribution >= 4 is 17.9 Å². The molecule has 0 saturated carbocycles. The summed E-state index contributed by atoms with van der Waals surface area (Å²) < 4.78 is 12.4. The summed E-state index contributed by atoms with van der Waals surface area (Å²) >= 11 is 0. The lowest BCUT2D eigenvalue weighted by molar-refractivity contribution is -0.129. The van der Waals surface area contributed by atoms with Gasteiger partial charge < -0.3 is 14.6 Å². The highest BCUT2D eigenvalue weighted by atomic mass is 16.5. The summed E-state index contributed by atoms with van der Waals surface area (Å²) in [6.07, 6.45) is 4.13. The fourth-order valence-electron chi connectivity index (χ4n) is 5.89. The van der Waals surface area contributed by atoms with Crippen LogP contribution >= 0.6 is 0 Å². The summed E-state index contributed by atoms with van der Waals surface area (Å²) in [5.41, 5.74) is 11.8. The van der Waals surface area contributed by atoms with Crippen LogP contribution in [0, 0.1) is 6.92 Å². The van der Waals surface area contributed by atoms with Gasteiger partial charge in [0.25, 0.3) is 5.91 Å². The summed E-state index contributed by atoms with van der Waals surface area (Å²) in [6.45, 7) is 2.98. The Morgan fingerprint density at radius 1 is 0.857 bits per heavy atom. The second-order valence-corrected chi connectivity index (χ2v) is 12.1. The van der Waals surface area contributed by atoms with E-state index in [0.717, 1.165) is 38.9 Å². The van der Waals surface area contributed by atoms with Crippen LogP contribution in [-0.2, 0) is 16.1 Å². The number of aliphatic imine (C=N–C) groups is 1. The smallest absolute Gasteiger partial charge is 0.266 e. The van der Waals surface area contributed by atoms with Gasteiger partial charge in [-0.2, -0.15) is 0 Å². The van der Waals surface area contributed by atoms with Crippen LogP contribution in [0.4, 0.5) is 0 Å². The molecule has 7 heteroatoms. The monoisotopic (exact) mass is 651 g/mol. The zero-order valence-corrected chi connectivity index (χ0v) is 27.6. The van der Waals surface area contributed by atoms with Gasteiger partial charge in [-0.05, 0) is 59.0 Å². The van der Waals surface area contributed by atoms with Gasteiger partial charge in [0.1, 0.15) is 5.75 Å². The van der Waals surface area contributed by atoms with E-state index in [1.807, 2.05) is 122 Å². The first kappa shape index (κ1) is 33.4. The predicted molar refractivity (Wildman–Crippen MR) is 195 cm³/mol. The third-order valence-corrected chi connectivity index (χ3v) is 8.47. The zero-order valence-electron chi connectivity index (χ0n) is 27.6. The lowest BCUT2D eigenvalue weighted by atomic mass is 9.84. The van der Waals surface area contributed by atoms with Crippen molar-refractivity contribution in [2.45, 2.75) is 38.0 Å². The van der Waals surface area contributed by atoms with Crippen molar-refractivity contribution in [1.82, 2.24) is 10.9 Å². The van der Waals surface area contributed by atoms with Crippen molar-refractivity contribution in [3.63, 3.8) is 0 Å². The Labute approximate surface area is 287 Å². The number of aliphatic hydroxyl groups is 1. The van der Waals surface area contributed by atoms with Gasteiger partial charge in [-0.25, -0.2) is 10.4 Å². The van der Waals surface area contributed by atoms with Crippen LogP contribution in [-0.4, -0.2) is 35.7 Å². The molecule has 6 rings (SSSR count). The van der Waals surface area contributed by atoms with E-state index in [4.69, 9.17) is 19.6 Å². The topological polar surface area (TPSA) is 92.2 Å². The molecule has 0 bridgehead atoms. The zero-order chi connectivity index (χ0) is 33.9. The molecule has 3 N–H and O–H groups in total. The highest BCUT2D eigenvalue weighted by Gasteiger charge is 2.52. The van der Waals surface area contributed by atoms with Crippen LogP contribution < -0.4 is 15.6 Å². The Bertz CT molecular complexity index is 1870. The number of hydrogen-bond acceptors (Lipinski definition) is 6. The minimum Gasteiger partial charge on any atom is -0.494 e. The summed E-state index contributed by atoms with van der Waals surface area (Å²) in [6, 6.07) is 44.0. The second-order valence-electron chi connectivity index (χ2n) is 12.1. The molecule has 1 amide bonds. The maximum atomic E-state index is 14.5. The Hall–Kier alpha value is -5.50. The SMILES string of the molecule is Cc1cccc(CNNC(=O)[C@@]2(C/C=C/c3ccccc3)N=C(c3ccc(OCCCO)cc3)O[C@H]2c2ccc(-c3ccccc3)cc2)c1. The molecule has 0 aromatic heterocycles. The standard InChI is InChI=1S/C42H41N3O4/c1-31-11-8-14-33(29-31)30-43-45-41(47)42(26-9-15-32-12-4-2-5-13-32)39(36-20-18-35(19-21-36)34-16-6-3-7-17-34)49-40(44-42)37-22-24-38(25-23-37)48-28-10-27-46/h2-9,11-25,29,39,43,46H,10,26-28,30H2,1H3,(H,45,47)/b15-9+/t39-,42-/m0/s1. The number of ether oxygens (including phenoxy) is 2. The van der Waals surface area contributed by atoms with E-state index in [0.29, 0.717) is 31.2 Å². The number of aryl methyl sites for hydroxylation is 1. The van der Waals surface area contributed by atoms with Crippen molar-refractivity contribution < 1.29 is 19.4 Å². The van der Waals surface area contributed by atoms with Crippen molar-refractivity contribution in [2.24, 2.45) is 4.99 Å². The number of carbonyl (C=O) groups is 1. The highest BCUT2D eigenvalue weighted by molar-refractivity contribution is 6.01. The van der Waals surface area contributed by atoms with E-state index >= 15 is 0 Å². The number of benzene rings is 5. The highest BCUT2D eigenvalue weighted by Crippen LogP contribution is 2.43. The van der Waals surface area contributed by atoms with Gasteiger partial charge in [0.2, 0.25) is 5.90 Å². The molecular weight excluding hydrogens is 610 g/mol. The lowest BCUT2D eigenvalue weighted by Gasteiger charge is -2.30. The average Bonchev–Trinajstić information content (AvgIpc) is 3.54. The molecule has 1 aliphatic rings. The maximum absolute atomic E-state index is 14.5. The van der Waals surface area contributed by atoms with Crippen molar-refractivity contribution in [3.05, 3.63) is 167 Å². The minimum atomic E-state index is -1.33. The molecular formula is C42H41N3O4. The van der Waals surface area contributed by atoms with Crippen LogP contribution in [0.25, 0.3) is 17.2 Å². The van der Waals surface area contributed by atoms with E-state index in [9.17, 15) is 4.79 Å². The summed E-state index contributed by atoms with van der Waals surface area (Å²) in [5, 5.41) is 9.11. The molecule has 5 aromatic carbocycles. The molecule has 7 nitrogen and oxygen atoms in total. The van der Waals surface area contributed by atoms with Gasteiger partial charge >= 0.3 is 0 Å². The molecule has 0 fully saturated rings. The maximum Gasteiger partial charge on any atom is 0.266 e. The van der Waals surface area contributed by atoms with Crippen LogP contribution in [0.2, 0.25) is 0 Å². The Kier molecular flexibility index (Phi) is 11.0. The number of hydrazine groups is 1. The lowest BCUT2D eigenvalue weighted by Crippen LogP contribution is -2.52. The first-order chi connectivity index (χ1) is 24.0. The third kappa shape index (κ3) is 8.33. The normalized spacial score (nSPS) is 17.0. The van der Waals surface area contributed by atoms with Crippen LogP contribution in [0.5, 0.6) is 5.75 Å². The molecule has 5 aromatic rings. The first-order valence-electron chi connectivity index (χ1n) is 16.6. The predicted octanol–water partition coefficient (Wildman–Crippen LogP) is 7.60. The molecule has 0 radical (unpaired) electrons. The number of hydrogen-bond donors (Lipinski definition) is 3. The van der Waals surface area contributed by atoms with Crippen molar-refractivity contribution in [1.29, 1.82) is 0 Å². The van der Waals surface area contributed by atoms with Crippen molar-refractivity contribution in [2.75, 3.05) is 13.2 Å². The molecule has 248 valence electrons. The fraction of sp³-hybridized carbons (Fsp3) is 0.190. The average molecular weight is 652 g/mol. The van der Waals surface area contributed by atoms with Gasteiger partial charge in [0.05, 0.1) is 6.61 Å². The molecule has 0 saturated heterocycles. The number of aliphatic hydroxyl groups excluding tert-OH is 1. The molecule has 0 spiro atoms. The molecule has 1 aliphatic heterocycles. The molecule has 2 atom stereocenters.